The van der Waals surface area contributed by atoms with Gasteiger partial charge in [0.2, 0.25) is 11.8 Å². The number of hydrogen-bond acceptors (Lipinski definition) is 3. The van der Waals surface area contributed by atoms with E-state index in [1.807, 2.05) is 28.0 Å². The smallest absolute Gasteiger partial charge is 0.248 e. The average molecular weight is 342 g/mol. The lowest BCUT2D eigenvalue weighted by Crippen LogP contribution is -2.52. The zero-order valence-corrected chi connectivity index (χ0v) is 14.6. The van der Waals surface area contributed by atoms with Crippen molar-refractivity contribution in [3.8, 4) is 0 Å². The van der Waals surface area contributed by atoms with Gasteiger partial charge in [0.15, 0.2) is 0 Å². The maximum absolute atomic E-state index is 12.7. The van der Waals surface area contributed by atoms with Crippen LogP contribution < -0.4 is 0 Å². The Hall–Kier alpha value is -1.88. The summed E-state index contributed by atoms with van der Waals surface area (Å²) in [6.07, 6.45) is 4.62. The van der Waals surface area contributed by atoms with Gasteiger partial charge in [-0.3, -0.25) is 9.59 Å². The largest absolute Gasteiger partial charge is 0.368 e. The van der Waals surface area contributed by atoms with Crippen molar-refractivity contribution in [2.75, 3.05) is 32.8 Å². The van der Waals surface area contributed by atoms with E-state index in [-0.39, 0.29) is 30.4 Å². The third-order valence-electron chi connectivity index (χ3n) is 5.77. The van der Waals surface area contributed by atoms with Crippen LogP contribution in [0.1, 0.15) is 37.2 Å². The van der Waals surface area contributed by atoms with Crippen LogP contribution >= 0.6 is 0 Å². The maximum atomic E-state index is 12.7. The van der Waals surface area contributed by atoms with Gasteiger partial charge in [-0.2, -0.15) is 0 Å². The second-order valence-corrected chi connectivity index (χ2v) is 7.43. The number of carbonyl (C=O) groups is 2. The number of nitrogens with zero attached hydrogens (tertiary/aromatic N) is 2. The lowest BCUT2D eigenvalue weighted by atomic mass is 9.96. The molecule has 2 unspecified atom stereocenters. The predicted molar refractivity (Wildman–Crippen MR) is 94.0 cm³/mol. The Kier molecular flexibility index (Phi) is 4.75. The van der Waals surface area contributed by atoms with Gasteiger partial charge in [-0.1, -0.05) is 30.3 Å². The summed E-state index contributed by atoms with van der Waals surface area (Å²) in [7, 11) is 0. The van der Waals surface area contributed by atoms with E-state index >= 15 is 0 Å². The second-order valence-electron chi connectivity index (χ2n) is 7.43. The van der Waals surface area contributed by atoms with E-state index in [2.05, 4.69) is 12.1 Å². The molecule has 134 valence electrons. The standard InChI is InChI=1S/C20H26N2O3/c23-19(14-25-16-7-4-8-16)21-9-11-22(12-10-21)20(24)18-13-17(18)15-5-2-1-3-6-15/h1-3,5-6,16-18H,4,7-14H2. The first-order chi connectivity index (χ1) is 12.2. The summed E-state index contributed by atoms with van der Waals surface area (Å²) in [5, 5.41) is 0. The zero-order valence-electron chi connectivity index (χ0n) is 14.6. The van der Waals surface area contributed by atoms with E-state index in [4.69, 9.17) is 4.74 Å². The lowest BCUT2D eigenvalue weighted by Gasteiger charge is -2.35. The molecule has 1 aromatic rings. The molecule has 3 aliphatic rings. The van der Waals surface area contributed by atoms with Crippen LogP contribution in [0.5, 0.6) is 0 Å². The Morgan fingerprint density at radius 2 is 1.68 bits per heavy atom. The van der Waals surface area contributed by atoms with Gasteiger partial charge in [-0.15, -0.1) is 0 Å². The lowest BCUT2D eigenvalue weighted by molar-refractivity contribution is -0.145. The summed E-state index contributed by atoms with van der Waals surface area (Å²) in [4.78, 5) is 28.7. The molecule has 2 amide bonds. The molecule has 0 bridgehead atoms. The van der Waals surface area contributed by atoms with Crippen LogP contribution in [0.2, 0.25) is 0 Å². The summed E-state index contributed by atoms with van der Waals surface area (Å²) >= 11 is 0. The molecule has 3 fully saturated rings. The van der Waals surface area contributed by atoms with E-state index < -0.39 is 0 Å². The van der Waals surface area contributed by atoms with Crippen molar-refractivity contribution in [2.45, 2.75) is 37.7 Å². The normalized spacial score (nSPS) is 26.2. The molecule has 2 atom stereocenters. The highest BCUT2D eigenvalue weighted by atomic mass is 16.5. The summed E-state index contributed by atoms with van der Waals surface area (Å²) in [6, 6.07) is 10.3. The Morgan fingerprint density at radius 1 is 1.00 bits per heavy atom. The van der Waals surface area contributed by atoms with Crippen LogP contribution in [-0.4, -0.2) is 60.5 Å². The van der Waals surface area contributed by atoms with Crippen LogP contribution in [-0.2, 0) is 14.3 Å². The van der Waals surface area contributed by atoms with Gasteiger partial charge in [0.1, 0.15) is 6.61 Å². The molecule has 2 saturated carbocycles. The van der Waals surface area contributed by atoms with E-state index in [1.54, 1.807) is 0 Å². The third kappa shape index (κ3) is 3.71. The zero-order chi connectivity index (χ0) is 17.2. The molecule has 1 aliphatic heterocycles. The predicted octanol–water partition coefficient (Wildman–Crippen LogP) is 2.03. The van der Waals surface area contributed by atoms with E-state index in [9.17, 15) is 9.59 Å². The number of ether oxygens (including phenoxy) is 1. The van der Waals surface area contributed by atoms with E-state index in [0.29, 0.717) is 32.1 Å². The van der Waals surface area contributed by atoms with Crippen LogP contribution in [0.25, 0.3) is 0 Å². The van der Waals surface area contributed by atoms with Crippen molar-refractivity contribution >= 4 is 11.8 Å². The molecule has 0 N–H and O–H groups in total. The van der Waals surface area contributed by atoms with Gasteiger partial charge in [0.05, 0.1) is 6.10 Å². The number of benzene rings is 1. The van der Waals surface area contributed by atoms with Gasteiger partial charge < -0.3 is 14.5 Å². The average Bonchev–Trinajstić information content (AvgIpc) is 3.41. The fourth-order valence-electron chi connectivity index (χ4n) is 3.77. The highest BCUT2D eigenvalue weighted by Crippen LogP contribution is 2.48. The van der Waals surface area contributed by atoms with Crippen molar-refractivity contribution < 1.29 is 14.3 Å². The number of piperazine rings is 1. The van der Waals surface area contributed by atoms with Gasteiger partial charge >= 0.3 is 0 Å². The van der Waals surface area contributed by atoms with Crippen molar-refractivity contribution in [1.82, 2.24) is 9.80 Å². The summed E-state index contributed by atoms with van der Waals surface area (Å²) in [5.41, 5.74) is 1.27. The fourth-order valence-corrected chi connectivity index (χ4v) is 3.77. The highest BCUT2D eigenvalue weighted by molar-refractivity contribution is 5.83. The molecule has 1 aromatic carbocycles. The summed E-state index contributed by atoms with van der Waals surface area (Å²) in [5.74, 6) is 0.829. The SMILES string of the molecule is O=C(COC1CCC1)N1CCN(C(=O)C2CC2c2ccccc2)CC1. The van der Waals surface area contributed by atoms with Crippen LogP contribution in [0.4, 0.5) is 0 Å². The molecule has 5 heteroatoms. The minimum Gasteiger partial charge on any atom is -0.368 e. The van der Waals surface area contributed by atoms with Gasteiger partial charge in [0, 0.05) is 32.1 Å². The Bertz CT molecular complexity index is 621. The van der Waals surface area contributed by atoms with Crippen molar-refractivity contribution in [3.63, 3.8) is 0 Å². The molecule has 1 saturated heterocycles. The van der Waals surface area contributed by atoms with Crippen LogP contribution in [0.15, 0.2) is 30.3 Å². The van der Waals surface area contributed by atoms with Crippen LogP contribution in [0.3, 0.4) is 0 Å². The first kappa shape index (κ1) is 16.6. The molecular weight excluding hydrogens is 316 g/mol. The van der Waals surface area contributed by atoms with E-state index in [1.165, 1.54) is 12.0 Å². The number of rotatable bonds is 5. The maximum Gasteiger partial charge on any atom is 0.248 e. The molecule has 2 aliphatic carbocycles. The Labute approximate surface area is 148 Å². The molecular formula is C20H26N2O3. The fraction of sp³-hybridized carbons (Fsp3) is 0.600. The van der Waals surface area contributed by atoms with Crippen LogP contribution in [0, 0.1) is 5.92 Å². The van der Waals surface area contributed by atoms with Crippen molar-refractivity contribution in [2.24, 2.45) is 5.92 Å². The topological polar surface area (TPSA) is 49.9 Å². The molecule has 0 spiro atoms. The summed E-state index contributed by atoms with van der Waals surface area (Å²) < 4.78 is 5.61. The minimum absolute atomic E-state index is 0.0626. The number of hydrogen-bond donors (Lipinski definition) is 0. The first-order valence-corrected chi connectivity index (χ1v) is 9.45. The Balaban J connectivity index is 1.22. The highest BCUT2D eigenvalue weighted by Gasteiger charge is 2.46. The minimum atomic E-state index is 0.0626. The number of amides is 2. The second kappa shape index (κ2) is 7.16. The Morgan fingerprint density at radius 3 is 2.32 bits per heavy atom. The molecule has 5 nitrogen and oxygen atoms in total. The molecule has 1 heterocycles. The van der Waals surface area contributed by atoms with Crippen molar-refractivity contribution in [3.05, 3.63) is 35.9 Å². The van der Waals surface area contributed by atoms with Gasteiger partial charge in [-0.25, -0.2) is 0 Å². The quantitative estimate of drug-likeness (QED) is 0.823. The van der Waals surface area contributed by atoms with Crippen molar-refractivity contribution in [1.29, 1.82) is 0 Å². The molecule has 0 radical (unpaired) electrons. The monoisotopic (exact) mass is 342 g/mol. The molecule has 0 aromatic heterocycles. The van der Waals surface area contributed by atoms with E-state index in [0.717, 1.165) is 19.3 Å². The van der Waals surface area contributed by atoms with Gasteiger partial charge in [0.25, 0.3) is 0 Å². The first-order valence-electron chi connectivity index (χ1n) is 9.45. The number of carbonyl (C=O) groups excluding carboxylic acids is 2. The summed E-state index contributed by atoms with van der Waals surface area (Å²) in [6.45, 7) is 2.73. The van der Waals surface area contributed by atoms with Gasteiger partial charge in [-0.05, 0) is 37.2 Å². The third-order valence-corrected chi connectivity index (χ3v) is 5.77. The molecule has 4 rings (SSSR count). The molecule has 25 heavy (non-hydrogen) atoms.